The largest absolute Gasteiger partial charge is 0.480 e. The molecule has 0 bridgehead atoms. The van der Waals surface area contributed by atoms with E-state index in [9.17, 15) is 9.59 Å². The highest BCUT2D eigenvalue weighted by atomic mass is 16.4. The normalized spacial score (nSPS) is 11.8. The molecule has 5 heteroatoms. The number of carboxylic acids is 1. The first kappa shape index (κ1) is 14.2. The van der Waals surface area contributed by atoms with Crippen molar-refractivity contribution in [3.63, 3.8) is 0 Å². The zero-order valence-electron chi connectivity index (χ0n) is 10.1. The Morgan fingerprint density at radius 2 is 2.11 bits per heavy atom. The summed E-state index contributed by atoms with van der Waals surface area (Å²) < 4.78 is 0. The van der Waals surface area contributed by atoms with Gasteiger partial charge in [-0.3, -0.25) is 9.59 Å². The Hall–Kier alpha value is -1.88. The van der Waals surface area contributed by atoms with Crippen molar-refractivity contribution >= 4 is 18.1 Å². The SMILES string of the molecule is NC(CCCCN(C=O)c1cc[c]cc1)C(=O)O. The van der Waals surface area contributed by atoms with Crippen molar-refractivity contribution in [1.29, 1.82) is 0 Å². The molecule has 1 radical (unpaired) electrons. The van der Waals surface area contributed by atoms with Crippen LogP contribution in [0.15, 0.2) is 24.3 Å². The number of carboxylic acid groups (broad SMARTS) is 1. The number of rotatable bonds is 8. The smallest absolute Gasteiger partial charge is 0.320 e. The molecule has 0 aliphatic carbocycles. The van der Waals surface area contributed by atoms with Crippen LogP contribution in [0.1, 0.15) is 19.3 Å². The van der Waals surface area contributed by atoms with Gasteiger partial charge in [-0.1, -0.05) is 12.1 Å². The Morgan fingerprint density at radius 1 is 1.44 bits per heavy atom. The van der Waals surface area contributed by atoms with Gasteiger partial charge in [-0.25, -0.2) is 0 Å². The highest BCUT2D eigenvalue weighted by Crippen LogP contribution is 2.12. The molecule has 1 rings (SSSR count). The predicted molar refractivity (Wildman–Crippen MR) is 68.2 cm³/mol. The van der Waals surface area contributed by atoms with Gasteiger partial charge in [0, 0.05) is 12.2 Å². The van der Waals surface area contributed by atoms with Gasteiger partial charge >= 0.3 is 5.97 Å². The van der Waals surface area contributed by atoms with Crippen molar-refractivity contribution in [3.05, 3.63) is 30.3 Å². The van der Waals surface area contributed by atoms with Crippen LogP contribution in [0.25, 0.3) is 0 Å². The number of hydrogen-bond donors (Lipinski definition) is 2. The van der Waals surface area contributed by atoms with Gasteiger partial charge in [0.05, 0.1) is 0 Å². The van der Waals surface area contributed by atoms with E-state index in [2.05, 4.69) is 6.07 Å². The number of benzene rings is 1. The number of unbranched alkanes of at least 4 members (excludes halogenated alkanes) is 1. The molecule has 0 heterocycles. The molecule has 1 atom stereocenters. The molecular formula is C13H17N2O3. The summed E-state index contributed by atoms with van der Waals surface area (Å²) in [7, 11) is 0. The van der Waals surface area contributed by atoms with E-state index < -0.39 is 12.0 Å². The lowest BCUT2D eigenvalue weighted by molar-refractivity contribution is -0.138. The molecule has 18 heavy (non-hydrogen) atoms. The van der Waals surface area contributed by atoms with Gasteiger partial charge in [0.2, 0.25) is 6.41 Å². The molecule has 0 aliphatic rings. The number of nitrogens with two attached hydrogens (primary N) is 1. The van der Waals surface area contributed by atoms with Gasteiger partial charge in [-0.15, -0.1) is 0 Å². The maximum atomic E-state index is 10.9. The van der Waals surface area contributed by atoms with Crippen LogP contribution in [0, 0.1) is 6.07 Å². The molecule has 0 saturated heterocycles. The topological polar surface area (TPSA) is 83.6 Å². The van der Waals surface area contributed by atoms with Gasteiger partial charge in [-0.2, -0.15) is 0 Å². The van der Waals surface area contributed by atoms with Crippen molar-refractivity contribution < 1.29 is 14.7 Å². The van der Waals surface area contributed by atoms with Crippen LogP contribution in [0.5, 0.6) is 0 Å². The van der Waals surface area contributed by atoms with E-state index in [-0.39, 0.29) is 0 Å². The summed E-state index contributed by atoms with van der Waals surface area (Å²) in [5.41, 5.74) is 6.20. The fourth-order valence-corrected chi connectivity index (χ4v) is 1.58. The second-order valence-corrected chi connectivity index (χ2v) is 4.00. The van der Waals surface area contributed by atoms with Gasteiger partial charge in [0.25, 0.3) is 0 Å². The molecule has 0 fully saturated rings. The fourth-order valence-electron chi connectivity index (χ4n) is 1.58. The molecule has 0 spiro atoms. The first-order chi connectivity index (χ1) is 8.65. The number of carbonyl (C=O) groups is 2. The van der Waals surface area contributed by atoms with Gasteiger partial charge < -0.3 is 15.7 Å². The van der Waals surface area contributed by atoms with Crippen molar-refractivity contribution in [2.24, 2.45) is 5.73 Å². The number of nitrogens with zero attached hydrogens (tertiary/aromatic N) is 1. The molecule has 3 N–H and O–H groups in total. The lowest BCUT2D eigenvalue weighted by Gasteiger charge is -2.17. The average molecular weight is 249 g/mol. The molecule has 5 nitrogen and oxygen atoms in total. The second kappa shape index (κ2) is 7.45. The summed E-state index contributed by atoms with van der Waals surface area (Å²) >= 11 is 0. The number of hydrogen-bond acceptors (Lipinski definition) is 3. The molecule has 1 amide bonds. The van der Waals surface area contributed by atoms with Crippen LogP contribution < -0.4 is 10.6 Å². The van der Waals surface area contributed by atoms with E-state index in [0.717, 1.165) is 18.5 Å². The maximum absolute atomic E-state index is 10.9. The monoisotopic (exact) mass is 249 g/mol. The van der Waals surface area contributed by atoms with E-state index in [4.69, 9.17) is 10.8 Å². The maximum Gasteiger partial charge on any atom is 0.320 e. The second-order valence-electron chi connectivity index (χ2n) is 4.00. The Kier molecular flexibility index (Phi) is 5.87. The van der Waals surface area contributed by atoms with Crippen LogP contribution in [0.2, 0.25) is 0 Å². The van der Waals surface area contributed by atoms with Gasteiger partial charge in [0.1, 0.15) is 6.04 Å². The quantitative estimate of drug-likeness (QED) is 0.532. The minimum absolute atomic E-state index is 0.421. The van der Waals surface area contributed by atoms with E-state index in [1.807, 2.05) is 0 Å². The third-order valence-electron chi connectivity index (χ3n) is 2.64. The zero-order valence-corrected chi connectivity index (χ0v) is 10.1. The van der Waals surface area contributed by atoms with E-state index in [0.29, 0.717) is 19.4 Å². The van der Waals surface area contributed by atoms with E-state index in [1.54, 1.807) is 29.2 Å². The van der Waals surface area contributed by atoms with Crippen LogP contribution in [0.4, 0.5) is 5.69 Å². The molecule has 0 saturated carbocycles. The number of amides is 1. The number of anilines is 1. The summed E-state index contributed by atoms with van der Waals surface area (Å²) in [6.07, 6.45) is 2.59. The minimum Gasteiger partial charge on any atom is -0.480 e. The molecule has 0 aromatic heterocycles. The average Bonchev–Trinajstić information content (AvgIpc) is 2.39. The predicted octanol–water partition coefficient (Wildman–Crippen LogP) is 1.03. The molecule has 1 aromatic carbocycles. The highest BCUT2D eigenvalue weighted by molar-refractivity contribution is 5.74. The van der Waals surface area contributed by atoms with Crippen molar-refractivity contribution in [2.45, 2.75) is 25.3 Å². The Labute approximate surface area is 106 Å². The van der Waals surface area contributed by atoms with Crippen LogP contribution in [0.3, 0.4) is 0 Å². The number of aliphatic carboxylic acids is 1. The molecular weight excluding hydrogens is 232 g/mol. The summed E-state index contributed by atoms with van der Waals surface area (Å²) in [4.78, 5) is 23.0. The van der Waals surface area contributed by atoms with Crippen LogP contribution in [-0.4, -0.2) is 30.1 Å². The first-order valence-corrected chi connectivity index (χ1v) is 5.81. The highest BCUT2D eigenvalue weighted by Gasteiger charge is 2.11. The number of carbonyl (C=O) groups excluding carboxylic acids is 1. The van der Waals surface area contributed by atoms with Crippen molar-refractivity contribution in [3.8, 4) is 0 Å². The standard InChI is InChI=1S/C13H17N2O3/c14-12(13(17)18)8-4-5-9-15(10-16)11-6-2-1-3-7-11/h2-3,6-7,10,12H,4-5,8-9,14H2,(H,17,18). The summed E-state index contributed by atoms with van der Waals surface area (Å²) in [5.74, 6) is -0.985. The van der Waals surface area contributed by atoms with Crippen LogP contribution >= 0.6 is 0 Å². The molecule has 1 aromatic rings. The van der Waals surface area contributed by atoms with Crippen molar-refractivity contribution in [2.75, 3.05) is 11.4 Å². The molecule has 0 aliphatic heterocycles. The van der Waals surface area contributed by atoms with Gasteiger partial charge in [0.15, 0.2) is 0 Å². The zero-order chi connectivity index (χ0) is 13.4. The Morgan fingerprint density at radius 3 is 2.67 bits per heavy atom. The minimum atomic E-state index is -0.985. The fraction of sp³-hybridized carbons (Fsp3) is 0.385. The summed E-state index contributed by atoms with van der Waals surface area (Å²) in [5, 5.41) is 8.62. The van der Waals surface area contributed by atoms with Crippen molar-refractivity contribution in [1.82, 2.24) is 0 Å². The summed E-state index contributed by atoms with van der Waals surface area (Å²) in [6, 6.07) is 9.15. The lowest BCUT2D eigenvalue weighted by atomic mass is 10.1. The third-order valence-corrected chi connectivity index (χ3v) is 2.64. The van der Waals surface area contributed by atoms with Crippen LogP contribution in [-0.2, 0) is 9.59 Å². The van der Waals surface area contributed by atoms with E-state index in [1.165, 1.54) is 0 Å². The Bertz CT molecular complexity index is 381. The lowest BCUT2D eigenvalue weighted by Crippen LogP contribution is -2.30. The van der Waals surface area contributed by atoms with E-state index >= 15 is 0 Å². The van der Waals surface area contributed by atoms with Gasteiger partial charge in [-0.05, 0) is 37.5 Å². The molecule has 97 valence electrons. The third kappa shape index (κ3) is 4.55. The Balaban J connectivity index is 2.33. The molecule has 1 unspecified atom stereocenters. The summed E-state index contributed by atoms with van der Waals surface area (Å²) in [6.45, 7) is 0.555. The first-order valence-electron chi connectivity index (χ1n) is 5.81.